The van der Waals surface area contributed by atoms with Gasteiger partial charge < -0.3 is 5.32 Å². The van der Waals surface area contributed by atoms with E-state index in [2.05, 4.69) is 27.3 Å². The van der Waals surface area contributed by atoms with Crippen LogP contribution in [0.4, 0.5) is 5.82 Å². The molecule has 0 aliphatic rings. The van der Waals surface area contributed by atoms with Gasteiger partial charge in [-0.15, -0.1) is 0 Å². The van der Waals surface area contributed by atoms with Crippen molar-refractivity contribution >= 4 is 28.5 Å². The van der Waals surface area contributed by atoms with Crippen molar-refractivity contribution in [3.05, 3.63) is 41.3 Å². The maximum absolute atomic E-state index is 6.11. The molecular weight excluding hydrogens is 298 g/mol. The van der Waals surface area contributed by atoms with Gasteiger partial charge in [0.15, 0.2) is 5.65 Å². The van der Waals surface area contributed by atoms with Gasteiger partial charge in [0.05, 0.1) is 17.3 Å². The molecule has 114 valence electrons. The Labute approximate surface area is 134 Å². The SMILES string of the molecule is CCCCNc1ncnc2c1cnn2-c1cc(Cl)ccc1C. The molecule has 0 spiro atoms. The fourth-order valence-corrected chi connectivity index (χ4v) is 2.52. The standard InChI is InChI=1S/C16H18ClN5/c1-3-4-7-18-15-13-9-21-22(16(13)20-10-19-15)14-8-12(17)6-5-11(14)2/h5-6,8-10H,3-4,7H2,1-2H3,(H,18,19,20). The Morgan fingerprint density at radius 3 is 2.95 bits per heavy atom. The number of benzene rings is 1. The van der Waals surface area contributed by atoms with Crippen molar-refractivity contribution in [3.63, 3.8) is 0 Å². The van der Waals surface area contributed by atoms with Crippen LogP contribution in [0.3, 0.4) is 0 Å². The van der Waals surface area contributed by atoms with Gasteiger partial charge in [0.25, 0.3) is 0 Å². The van der Waals surface area contributed by atoms with Gasteiger partial charge in [-0.2, -0.15) is 5.10 Å². The van der Waals surface area contributed by atoms with E-state index in [9.17, 15) is 0 Å². The van der Waals surface area contributed by atoms with Crippen molar-refractivity contribution in [2.45, 2.75) is 26.7 Å². The number of anilines is 1. The van der Waals surface area contributed by atoms with E-state index in [-0.39, 0.29) is 0 Å². The van der Waals surface area contributed by atoms with Crippen molar-refractivity contribution in [3.8, 4) is 5.69 Å². The zero-order chi connectivity index (χ0) is 15.5. The first-order valence-electron chi connectivity index (χ1n) is 7.40. The highest BCUT2D eigenvalue weighted by Gasteiger charge is 2.12. The molecule has 3 aromatic rings. The van der Waals surface area contributed by atoms with E-state index in [0.29, 0.717) is 5.02 Å². The monoisotopic (exact) mass is 315 g/mol. The van der Waals surface area contributed by atoms with E-state index in [1.165, 1.54) is 0 Å². The molecule has 22 heavy (non-hydrogen) atoms. The second-order valence-electron chi connectivity index (χ2n) is 5.23. The molecule has 2 aromatic heterocycles. The van der Waals surface area contributed by atoms with Crippen LogP contribution in [-0.4, -0.2) is 26.3 Å². The maximum Gasteiger partial charge on any atom is 0.168 e. The first-order chi connectivity index (χ1) is 10.7. The van der Waals surface area contributed by atoms with Crippen LogP contribution >= 0.6 is 11.6 Å². The molecule has 0 amide bonds. The largest absolute Gasteiger partial charge is 0.369 e. The van der Waals surface area contributed by atoms with Crippen molar-refractivity contribution in [2.24, 2.45) is 0 Å². The minimum Gasteiger partial charge on any atom is -0.369 e. The van der Waals surface area contributed by atoms with Crippen LogP contribution in [0.2, 0.25) is 5.02 Å². The highest BCUT2D eigenvalue weighted by atomic mass is 35.5. The van der Waals surface area contributed by atoms with Gasteiger partial charge in [0, 0.05) is 11.6 Å². The Morgan fingerprint density at radius 1 is 1.27 bits per heavy atom. The van der Waals surface area contributed by atoms with E-state index < -0.39 is 0 Å². The molecule has 0 saturated heterocycles. The number of fused-ring (bicyclic) bond motifs is 1. The molecule has 0 saturated carbocycles. The normalized spacial score (nSPS) is 11.0. The molecule has 1 aromatic carbocycles. The van der Waals surface area contributed by atoms with Crippen LogP contribution < -0.4 is 5.32 Å². The fraction of sp³-hybridized carbons (Fsp3) is 0.312. The quantitative estimate of drug-likeness (QED) is 0.723. The van der Waals surface area contributed by atoms with Crippen LogP contribution in [0.25, 0.3) is 16.7 Å². The molecule has 0 unspecified atom stereocenters. The number of halogens is 1. The molecule has 0 radical (unpaired) electrons. The third kappa shape index (κ3) is 2.76. The van der Waals surface area contributed by atoms with Gasteiger partial charge in [-0.05, 0) is 31.0 Å². The molecule has 3 rings (SSSR count). The summed E-state index contributed by atoms with van der Waals surface area (Å²) in [5.74, 6) is 0.824. The molecule has 0 atom stereocenters. The number of hydrogen-bond donors (Lipinski definition) is 1. The van der Waals surface area contributed by atoms with Crippen LogP contribution in [0.1, 0.15) is 25.3 Å². The van der Waals surface area contributed by atoms with Crippen LogP contribution in [0.5, 0.6) is 0 Å². The van der Waals surface area contributed by atoms with Crippen molar-refractivity contribution in [2.75, 3.05) is 11.9 Å². The number of hydrogen-bond acceptors (Lipinski definition) is 4. The first-order valence-corrected chi connectivity index (χ1v) is 7.77. The van der Waals surface area contributed by atoms with E-state index in [1.54, 1.807) is 12.5 Å². The molecule has 5 nitrogen and oxygen atoms in total. The van der Waals surface area contributed by atoms with Crippen LogP contribution in [0.15, 0.2) is 30.7 Å². The van der Waals surface area contributed by atoms with Gasteiger partial charge >= 0.3 is 0 Å². The summed E-state index contributed by atoms with van der Waals surface area (Å²) in [6, 6.07) is 5.75. The zero-order valence-electron chi connectivity index (χ0n) is 12.7. The average molecular weight is 316 g/mol. The van der Waals surface area contributed by atoms with E-state index in [4.69, 9.17) is 11.6 Å². The lowest BCUT2D eigenvalue weighted by Crippen LogP contribution is -2.04. The van der Waals surface area contributed by atoms with Crippen LogP contribution in [-0.2, 0) is 0 Å². The lowest BCUT2D eigenvalue weighted by atomic mass is 10.2. The Balaban J connectivity index is 2.05. The van der Waals surface area contributed by atoms with Crippen molar-refractivity contribution < 1.29 is 0 Å². The fourth-order valence-electron chi connectivity index (χ4n) is 2.36. The van der Waals surface area contributed by atoms with E-state index in [0.717, 1.165) is 47.5 Å². The van der Waals surface area contributed by atoms with E-state index >= 15 is 0 Å². The molecule has 0 aliphatic carbocycles. The summed E-state index contributed by atoms with van der Waals surface area (Å²) in [7, 11) is 0. The van der Waals surface area contributed by atoms with Gasteiger partial charge in [0.2, 0.25) is 0 Å². The molecule has 0 bridgehead atoms. The van der Waals surface area contributed by atoms with Gasteiger partial charge in [0.1, 0.15) is 12.1 Å². The summed E-state index contributed by atoms with van der Waals surface area (Å²) in [5.41, 5.74) is 2.80. The number of aryl methyl sites for hydroxylation is 1. The Morgan fingerprint density at radius 2 is 2.14 bits per heavy atom. The number of nitrogens with one attached hydrogen (secondary N) is 1. The summed E-state index contributed by atoms with van der Waals surface area (Å²) < 4.78 is 1.81. The summed E-state index contributed by atoms with van der Waals surface area (Å²) in [5, 5.41) is 9.42. The topological polar surface area (TPSA) is 55.6 Å². The molecule has 2 heterocycles. The Hall–Kier alpha value is -2.14. The zero-order valence-corrected chi connectivity index (χ0v) is 13.4. The Kier molecular flexibility index (Phi) is 4.24. The van der Waals surface area contributed by atoms with Crippen LogP contribution in [0, 0.1) is 6.92 Å². The maximum atomic E-state index is 6.11. The van der Waals surface area contributed by atoms with Gasteiger partial charge in [-0.25, -0.2) is 14.6 Å². The minimum absolute atomic E-state index is 0.680. The lowest BCUT2D eigenvalue weighted by molar-refractivity contribution is 0.831. The summed E-state index contributed by atoms with van der Waals surface area (Å²) >= 11 is 6.11. The summed E-state index contributed by atoms with van der Waals surface area (Å²) in [4.78, 5) is 8.71. The van der Waals surface area contributed by atoms with Gasteiger partial charge in [-0.3, -0.25) is 0 Å². The number of nitrogens with zero attached hydrogens (tertiary/aromatic N) is 4. The molecular formula is C16H18ClN5. The molecule has 0 aliphatic heterocycles. The Bertz CT molecular complexity index is 796. The predicted molar refractivity (Wildman–Crippen MR) is 89.8 cm³/mol. The van der Waals surface area contributed by atoms with E-state index in [1.807, 2.05) is 29.8 Å². The second kappa shape index (κ2) is 6.32. The third-order valence-corrected chi connectivity index (χ3v) is 3.82. The summed E-state index contributed by atoms with van der Waals surface area (Å²) in [6.07, 6.45) is 5.61. The number of unbranched alkanes of at least 4 members (excludes halogenated alkanes) is 1. The predicted octanol–water partition coefficient (Wildman–Crippen LogP) is 3.99. The first kappa shape index (κ1) is 14.8. The van der Waals surface area contributed by atoms with Crippen molar-refractivity contribution in [1.82, 2.24) is 19.7 Å². The van der Waals surface area contributed by atoms with Crippen molar-refractivity contribution in [1.29, 1.82) is 0 Å². The number of aromatic nitrogens is 4. The third-order valence-electron chi connectivity index (χ3n) is 3.59. The highest BCUT2D eigenvalue weighted by molar-refractivity contribution is 6.30. The molecule has 0 fully saturated rings. The molecule has 1 N–H and O–H groups in total. The average Bonchev–Trinajstić information content (AvgIpc) is 2.95. The highest BCUT2D eigenvalue weighted by Crippen LogP contribution is 2.25. The minimum atomic E-state index is 0.680. The number of rotatable bonds is 5. The summed E-state index contributed by atoms with van der Waals surface area (Å²) in [6.45, 7) is 5.09. The second-order valence-corrected chi connectivity index (χ2v) is 5.66. The lowest BCUT2D eigenvalue weighted by Gasteiger charge is -2.08. The molecule has 6 heteroatoms. The van der Waals surface area contributed by atoms with Gasteiger partial charge in [-0.1, -0.05) is 31.0 Å². The smallest absolute Gasteiger partial charge is 0.168 e.